The van der Waals surface area contributed by atoms with Gasteiger partial charge in [0, 0.05) is 5.56 Å². The van der Waals surface area contributed by atoms with Gasteiger partial charge in [-0.1, -0.05) is 54.1 Å². The van der Waals surface area contributed by atoms with Crippen molar-refractivity contribution in [3.63, 3.8) is 0 Å². The van der Waals surface area contributed by atoms with Gasteiger partial charge in [0.1, 0.15) is 18.3 Å². The van der Waals surface area contributed by atoms with Gasteiger partial charge < -0.3 is 14.6 Å². The minimum absolute atomic E-state index is 0.275. The van der Waals surface area contributed by atoms with Crippen molar-refractivity contribution in [3.05, 3.63) is 89.5 Å². The fourth-order valence-corrected chi connectivity index (χ4v) is 4.82. The molecule has 0 bridgehead atoms. The van der Waals surface area contributed by atoms with Crippen LogP contribution in [0.15, 0.2) is 72.8 Å². The highest BCUT2D eigenvalue weighted by Gasteiger charge is 2.60. The zero-order valence-electron chi connectivity index (χ0n) is 19.2. The summed E-state index contributed by atoms with van der Waals surface area (Å²) in [6.07, 6.45) is -1.04. The number of carboxylic acid groups (broad SMARTS) is 1. The summed E-state index contributed by atoms with van der Waals surface area (Å²) in [4.78, 5) is 45.8. The van der Waals surface area contributed by atoms with Crippen molar-refractivity contribution in [2.45, 2.75) is 26.0 Å². The lowest BCUT2D eigenvalue weighted by Gasteiger charge is -2.30. The summed E-state index contributed by atoms with van der Waals surface area (Å²) < 4.78 is 5.50. The highest BCUT2D eigenvalue weighted by Crippen LogP contribution is 2.49. The van der Waals surface area contributed by atoms with Crippen LogP contribution < -0.4 is 19.8 Å². The van der Waals surface area contributed by atoms with Gasteiger partial charge in [-0.25, -0.2) is 9.96 Å². The molecule has 178 valence electrons. The molecular formula is C27H23N2O6-. The Morgan fingerprint density at radius 3 is 2.40 bits per heavy atom. The van der Waals surface area contributed by atoms with Crippen molar-refractivity contribution in [1.29, 1.82) is 0 Å². The smallest absolute Gasteiger partial charge is 0.266 e. The second-order valence-electron chi connectivity index (χ2n) is 8.66. The first-order valence-corrected chi connectivity index (χ1v) is 11.2. The van der Waals surface area contributed by atoms with Gasteiger partial charge in [-0.05, 0) is 43.7 Å². The third-order valence-corrected chi connectivity index (χ3v) is 6.30. The number of anilines is 2. The summed E-state index contributed by atoms with van der Waals surface area (Å²) in [5.41, 5.74) is 3.54. The van der Waals surface area contributed by atoms with Crippen molar-refractivity contribution < 1.29 is 29.1 Å². The number of hydrogen-bond acceptors (Lipinski definition) is 7. The third kappa shape index (κ3) is 3.91. The van der Waals surface area contributed by atoms with E-state index in [-0.39, 0.29) is 11.7 Å². The third-order valence-electron chi connectivity index (χ3n) is 6.30. The largest absolute Gasteiger partial charge is 0.546 e. The number of carbonyl (C=O) groups excluding carboxylic acids is 3. The average Bonchev–Trinajstić information content (AvgIpc) is 3.35. The van der Waals surface area contributed by atoms with E-state index in [0.29, 0.717) is 16.9 Å². The monoisotopic (exact) mass is 471 g/mol. The van der Waals surface area contributed by atoms with Crippen molar-refractivity contribution in [1.82, 2.24) is 0 Å². The molecule has 0 unspecified atom stereocenters. The predicted octanol–water partition coefficient (Wildman–Crippen LogP) is 2.48. The van der Waals surface area contributed by atoms with Gasteiger partial charge in [0.05, 0.1) is 23.4 Å². The number of nitrogens with zero attached hydrogens (tertiary/aromatic N) is 2. The van der Waals surface area contributed by atoms with Crippen LogP contribution in [-0.4, -0.2) is 30.5 Å². The van der Waals surface area contributed by atoms with E-state index in [1.54, 1.807) is 35.4 Å². The molecule has 8 nitrogen and oxygen atoms in total. The topological polar surface area (TPSA) is 99.2 Å². The molecule has 2 aliphatic heterocycles. The molecule has 2 amide bonds. The van der Waals surface area contributed by atoms with Gasteiger partial charge in [-0.15, -0.1) is 0 Å². The molecular weight excluding hydrogens is 448 g/mol. The van der Waals surface area contributed by atoms with Gasteiger partial charge in [0.2, 0.25) is 5.91 Å². The van der Waals surface area contributed by atoms with Crippen LogP contribution in [0.25, 0.3) is 0 Å². The zero-order valence-corrected chi connectivity index (χ0v) is 19.2. The molecule has 0 radical (unpaired) electrons. The molecule has 2 saturated heterocycles. The van der Waals surface area contributed by atoms with Gasteiger partial charge in [0.25, 0.3) is 5.91 Å². The molecule has 8 heteroatoms. The van der Waals surface area contributed by atoms with Crippen LogP contribution in [-0.2, 0) is 19.2 Å². The van der Waals surface area contributed by atoms with E-state index >= 15 is 0 Å². The highest BCUT2D eigenvalue weighted by molar-refractivity contribution is 6.24. The molecule has 3 aromatic rings. The summed E-state index contributed by atoms with van der Waals surface area (Å²) in [5, 5.41) is 12.6. The summed E-state index contributed by atoms with van der Waals surface area (Å²) in [5.74, 6) is -2.78. The molecule has 5 rings (SSSR count). The Hall–Kier alpha value is -4.17. The molecule has 0 spiro atoms. The molecule has 0 saturated carbocycles. The SMILES string of the molecule is Cc1ccc(N2C(=O)[C@@H]3[C@H](ON(c4ccccc4)[C@H]3c3ccccc3OCC(=O)[O-])C2=O)c(C)c1. The van der Waals surface area contributed by atoms with E-state index in [4.69, 9.17) is 9.57 Å². The number of imide groups is 1. The van der Waals surface area contributed by atoms with Crippen LogP contribution in [0.3, 0.4) is 0 Å². The lowest BCUT2D eigenvalue weighted by atomic mass is 9.90. The Labute approximate surface area is 202 Å². The fraction of sp³-hybridized carbons (Fsp3) is 0.222. The van der Waals surface area contributed by atoms with Crippen molar-refractivity contribution in [3.8, 4) is 5.75 Å². The molecule has 0 N–H and O–H groups in total. The number of hydroxylamine groups is 1. The Kier molecular flexibility index (Phi) is 5.74. The highest BCUT2D eigenvalue weighted by atomic mass is 16.7. The molecule has 2 aliphatic rings. The molecule has 2 heterocycles. The summed E-state index contributed by atoms with van der Waals surface area (Å²) >= 11 is 0. The standard InChI is InChI=1S/C27H24N2O6/c1-16-12-13-20(17(2)14-16)28-26(32)23-24(19-10-6-7-11-21(19)34-15-22(30)31)29(35-25(23)27(28)33)18-8-4-3-5-9-18/h3-14,23-25H,15H2,1-2H3,(H,30,31)/p-1/t23-,24-,25-/m0/s1. The second kappa shape index (κ2) is 8.88. The first kappa shape index (κ1) is 22.6. The molecule has 3 atom stereocenters. The Bertz CT molecular complexity index is 1310. The van der Waals surface area contributed by atoms with Crippen molar-refractivity contribution in [2.24, 2.45) is 5.92 Å². The van der Waals surface area contributed by atoms with Crippen molar-refractivity contribution >= 4 is 29.2 Å². The Morgan fingerprint density at radius 2 is 1.69 bits per heavy atom. The minimum Gasteiger partial charge on any atom is -0.546 e. The van der Waals surface area contributed by atoms with Crippen LogP contribution in [0.2, 0.25) is 0 Å². The first-order chi connectivity index (χ1) is 16.9. The lowest BCUT2D eigenvalue weighted by molar-refractivity contribution is -0.307. The normalized spacial score (nSPS) is 21.4. The van der Waals surface area contributed by atoms with Gasteiger partial charge >= 0.3 is 0 Å². The maximum Gasteiger partial charge on any atom is 0.266 e. The number of carboxylic acids is 1. The summed E-state index contributed by atoms with van der Waals surface area (Å²) in [6, 6.07) is 20.8. The molecule has 0 aromatic heterocycles. The number of hydrogen-bond donors (Lipinski definition) is 0. The number of fused-ring (bicyclic) bond motifs is 1. The predicted molar refractivity (Wildman–Crippen MR) is 125 cm³/mol. The van der Waals surface area contributed by atoms with Crippen LogP contribution in [0.5, 0.6) is 5.75 Å². The van der Waals surface area contributed by atoms with Gasteiger partial charge in [-0.3, -0.25) is 14.4 Å². The number of aryl methyl sites for hydroxylation is 2. The Balaban J connectivity index is 1.60. The molecule has 35 heavy (non-hydrogen) atoms. The number of carbonyl (C=O) groups is 3. The molecule has 2 fully saturated rings. The van der Waals surface area contributed by atoms with Crippen molar-refractivity contribution in [2.75, 3.05) is 16.6 Å². The number of aliphatic carboxylic acids is 1. The number of amides is 2. The quantitative estimate of drug-likeness (QED) is 0.510. The lowest BCUT2D eigenvalue weighted by Crippen LogP contribution is -2.38. The van der Waals surface area contributed by atoms with E-state index in [1.807, 2.05) is 56.3 Å². The number of ether oxygens (including phenoxy) is 1. The zero-order chi connectivity index (χ0) is 24.7. The molecule has 3 aromatic carbocycles. The first-order valence-electron chi connectivity index (χ1n) is 11.2. The van der Waals surface area contributed by atoms with E-state index in [9.17, 15) is 19.5 Å². The van der Waals surface area contributed by atoms with E-state index in [0.717, 1.165) is 11.1 Å². The van der Waals surface area contributed by atoms with Gasteiger partial charge in [0.15, 0.2) is 6.10 Å². The van der Waals surface area contributed by atoms with Crippen LogP contribution in [0, 0.1) is 19.8 Å². The number of benzene rings is 3. The maximum atomic E-state index is 13.8. The van der Waals surface area contributed by atoms with E-state index < -0.39 is 36.5 Å². The summed E-state index contributed by atoms with van der Waals surface area (Å²) in [7, 11) is 0. The number of rotatable bonds is 6. The average molecular weight is 471 g/mol. The second-order valence-corrected chi connectivity index (χ2v) is 8.66. The maximum absolute atomic E-state index is 13.8. The summed E-state index contributed by atoms with van der Waals surface area (Å²) in [6.45, 7) is 3.15. The van der Waals surface area contributed by atoms with Crippen LogP contribution in [0.1, 0.15) is 22.7 Å². The fourth-order valence-electron chi connectivity index (χ4n) is 4.82. The Morgan fingerprint density at radius 1 is 0.971 bits per heavy atom. The van der Waals surface area contributed by atoms with Crippen LogP contribution >= 0.6 is 0 Å². The van der Waals surface area contributed by atoms with E-state index in [1.165, 1.54) is 4.90 Å². The van der Waals surface area contributed by atoms with Crippen LogP contribution in [0.4, 0.5) is 11.4 Å². The number of para-hydroxylation sites is 2. The van der Waals surface area contributed by atoms with E-state index in [2.05, 4.69) is 0 Å². The van der Waals surface area contributed by atoms with Gasteiger partial charge in [-0.2, -0.15) is 0 Å². The minimum atomic E-state index is -1.37. The molecule has 0 aliphatic carbocycles.